The molecule has 102 heavy (non-hydrogen) atoms. The van der Waals surface area contributed by atoms with E-state index in [-0.39, 0.29) is 32.0 Å². The van der Waals surface area contributed by atoms with Gasteiger partial charge in [0, 0.05) is 12.8 Å². The van der Waals surface area contributed by atoms with Crippen LogP contribution in [-0.2, 0) is 32.7 Å². The van der Waals surface area contributed by atoms with Crippen LogP contribution in [0.25, 0.3) is 0 Å². The Bertz CT molecular complexity index is 2290. The van der Waals surface area contributed by atoms with Crippen LogP contribution in [0.15, 0.2) is 158 Å². The Morgan fingerprint density at radius 2 is 0.559 bits per heavy atom. The van der Waals surface area contributed by atoms with E-state index in [4.69, 9.17) is 18.5 Å². The Balaban J connectivity index is 4.00. The molecule has 1 N–H and O–H groups in total. The monoisotopic (exact) mass is 1440 g/mol. The SMILES string of the molecule is CC/C=C\C/C=C\C/C=C\C/C=C\C/C=C\C/C=C\C/C=C\C/C=C\C/C=C\C/C=C\CCCCCCCCC(=O)OC(COC(=O)CCCCCCCCCCCCCCCCCCCCCCCCCCCC/C=C\C/C=C\C/C=C\CCCCCCC)COP(=O)(O)OCC[N+](C)(C)C. The van der Waals surface area contributed by atoms with E-state index >= 15 is 0 Å². The Labute approximate surface area is 630 Å². The standard InChI is InChI=1S/C92H158NO8P/c1-6-8-10-12-14-16-18-20-22-24-26-28-30-32-34-36-38-40-42-44-45-46-47-49-50-52-54-56-58-60-62-64-66-68-70-72-74-76-78-80-82-84-91(94)98-88-90(89-100-102(96,97)99-87-86-93(3,4)5)101-92(95)85-83-81-79-77-75-73-71-69-67-65-63-61-59-57-55-53-51-48-43-41-39-37-35-33-31-29-27-25-23-21-19-17-15-13-11-9-7-2/h9,11,15,17-18,20-21,23-24,26-27,29-30,32-33,35,39,41,48,51,55,57,61,63,67,69,90H,6-8,10,12-14,16,19,22,25,28,31,34,36-38,40,42-47,49-50,52-54,56,58-60,62,64-66,68,70-89H2,1-5H3/p+1/b11-9-,17-15-,20-18-,23-21-,26-24-,29-27-,32-30-,35-33-,41-39-,51-48-,57-55-,63-61-,69-67-. The number of phosphoric ester groups is 1. The maximum absolute atomic E-state index is 12.9. The highest BCUT2D eigenvalue weighted by atomic mass is 31.2. The summed E-state index contributed by atoms with van der Waals surface area (Å²) in [5, 5.41) is 0. The van der Waals surface area contributed by atoms with E-state index in [9.17, 15) is 19.0 Å². The number of rotatable bonds is 77. The molecule has 2 atom stereocenters. The van der Waals surface area contributed by atoms with E-state index in [1.165, 1.54) is 193 Å². The zero-order valence-corrected chi connectivity index (χ0v) is 67.7. The molecule has 584 valence electrons. The topological polar surface area (TPSA) is 108 Å². The van der Waals surface area contributed by atoms with Gasteiger partial charge in [0.15, 0.2) is 6.10 Å². The van der Waals surface area contributed by atoms with Crippen molar-refractivity contribution in [3.63, 3.8) is 0 Å². The third kappa shape index (κ3) is 84.6. The largest absolute Gasteiger partial charge is 0.472 e. The molecule has 0 rings (SSSR count). The second-order valence-corrected chi connectivity index (χ2v) is 30.6. The van der Waals surface area contributed by atoms with Gasteiger partial charge in [-0.25, -0.2) is 4.57 Å². The quantitative estimate of drug-likeness (QED) is 0.0211. The maximum atomic E-state index is 12.9. The summed E-state index contributed by atoms with van der Waals surface area (Å²) in [4.78, 5) is 36.0. The second-order valence-electron chi connectivity index (χ2n) is 29.1. The van der Waals surface area contributed by atoms with Crippen LogP contribution in [0.5, 0.6) is 0 Å². The lowest BCUT2D eigenvalue weighted by Gasteiger charge is -2.24. The summed E-state index contributed by atoms with van der Waals surface area (Å²) in [6, 6.07) is 0. The summed E-state index contributed by atoms with van der Waals surface area (Å²) >= 11 is 0. The van der Waals surface area contributed by atoms with Crippen molar-refractivity contribution in [2.24, 2.45) is 0 Å². The lowest BCUT2D eigenvalue weighted by molar-refractivity contribution is -0.870. The van der Waals surface area contributed by atoms with E-state index in [2.05, 4.69) is 172 Å². The molecule has 0 aromatic carbocycles. The number of hydrogen-bond acceptors (Lipinski definition) is 7. The summed E-state index contributed by atoms with van der Waals surface area (Å²) in [6.45, 7) is 4.31. The molecule has 0 bridgehead atoms. The third-order valence-electron chi connectivity index (χ3n) is 18.0. The first-order valence-corrected chi connectivity index (χ1v) is 43.7. The van der Waals surface area contributed by atoms with Crippen LogP contribution in [0.3, 0.4) is 0 Å². The van der Waals surface area contributed by atoms with E-state index in [1.807, 2.05) is 21.1 Å². The van der Waals surface area contributed by atoms with Crippen LogP contribution in [0.1, 0.15) is 361 Å². The van der Waals surface area contributed by atoms with Crippen LogP contribution in [-0.4, -0.2) is 74.9 Å². The fraction of sp³-hybridized carbons (Fsp3) is 0.696. The molecule has 0 saturated heterocycles. The van der Waals surface area contributed by atoms with Crippen LogP contribution < -0.4 is 0 Å². The number of carbonyl (C=O) groups excluding carboxylic acids is 2. The first kappa shape index (κ1) is 97.6. The molecule has 0 aliphatic carbocycles. The number of quaternary nitrogens is 1. The summed E-state index contributed by atoms with van der Waals surface area (Å²) < 4.78 is 34.8. The maximum Gasteiger partial charge on any atom is 0.472 e. The molecule has 0 aliphatic rings. The minimum Gasteiger partial charge on any atom is -0.462 e. The second kappa shape index (κ2) is 80.7. The molecule has 0 spiro atoms. The summed E-state index contributed by atoms with van der Waals surface area (Å²) in [6.07, 6.45) is 121. The van der Waals surface area contributed by atoms with E-state index in [0.29, 0.717) is 17.4 Å². The molecular weight excluding hydrogens is 1280 g/mol. The van der Waals surface area contributed by atoms with Crippen LogP contribution in [0, 0.1) is 0 Å². The Kier molecular flexibility index (Phi) is 77.3. The molecule has 0 aromatic rings. The Morgan fingerprint density at radius 3 is 0.833 bits per heavy atom. The van der Waals surface area contributed by atoms with Crippen molar-refractivity contribution < 1.29 is 42.1 Å². The number of hydrogen-bond donors (Lipinski definition) is 1. The number of phosphoric acid groups is 1. The molecule has 0 saturated carbocycles. The average molecular weight is 1440 g/mol. The number of nitrogens with zero attached hydrogens (tertiary/aromatic N) is 1. The highest BCUT2D eigenvalue weighted by Gasteiger charge is 2.27. The Hall–Kier alpha value is -4.37. The molecule has 0 radical (unpaired) electrons. The van der Waals surface area contributed by atoms with Crippen molar-refractivity contribution in [2.75, 3.05) is 47.5 Å². The van der Waals surface area contributed by atoms with E-state index < -0.39 is 26.5 Å². The Morgan fingerprint density at radius 1 is 0.314 bits per heavy atom. The van der Waals surface area contributed by atoms with Gasteiger partial charge in [-0.05, 0) is 128 Å². The minimum atomic E-state index is -4.41. The molecule has 0 fully saturated rings. The molecule has 0 aliphatic heterocycles. The summed E-state index contributed by atoms with van der Waals surface area (Å²) in [5.74, 6) is -0.810. The first-order chi connectivity index (χ1) is 50.0. The number of esters is 2. The summed E-state index contributed by atoms with van der Waals surface area (Å²) in [5.41, 5.74) is 0. The molecular formula is C92H159NO8P+. The lowest BCUT2D eigenvalue weighted by Crippen LogP contribution is -2.37. The van der Waals surface area contributed by atoms with Gasteiger partial charge >= 0.3 is 19.8 Å². The zero-order valence-electron chi connectivity index (χ0n) is 66.8. The molecule has 9 nitrogen and oxygen atoms in total. The number of carbonyl (C=O) groups is 2. The van der Waals surface area contributed by atoms with Gasteiger partial charge in [0.05, 0.1) is 27.7 Å². The number of allylic oxidation sites excluding steroid dienone is 26. The number of likely N-dealkylation sites (N-methyl/N-ethyl adjacent to an activating group) is 1. The van der Waals surface area contributed by atoms with Crippen molar-refractivity contribution in [3.05, 3.63) is 158 Å². The summed E-state index contributed by atoms with van der Waals surface area (Å²) in [7, 11) is 1.46. The first-order valence-electron chi connectivity index (χ1n) is 42.2. The molecule has 2 unspecified atom stereocenters. The lowest BCUT2D eigenvalue weighted by atomic mass is 10.0. The van der Waals surface area contributed by atoms with Crippen molar-refractivity contribution in [2.45, 2.75) is 367 Å². The highest BCUT2D eigenvalue weighted by molar-refractivity contribution is 7.47. The molecule has 10 heteroatoms. The third-order valence-corrected chi connectivity index (χ3v) is 19.0. The van der Waals surface area contributed by atoms with Crippen molar-refractivity contribution in [3.8, 4) is 0 Å². The minimum absolute atomic E-state index is 0.0227. The van der Waals surface area contributed by atoms with Crippen LogP contribution >= 0.6 is 7.82 Å². The predicted molar refractivity (Wildman–Crippen MR) is 445 cm³/mol. The molecule has 0 heterocycles. The highest BCUT2D eigenvalue weighted by Crippen LogP contribution is 2.43. The van der Waals surface area contributed by atoms with E-state index in [1.54, 1.807) is 0 Å². The zero-order chi connectivity index (χ0) is 74.0. The van der Waals surface area contributed by atoms with Crippen LogP contribution in [0.2, 0.25) is 0 Å². The predicted octanol–water partition coefficient (Wildman–Crippen LogP) is 28.6. The van der Waals surface area contributed by atoms with Gasteiger partial charge in [-0.1, -0.05) is 377 Å². The van der Waals surface area contributed by atoms with Gasteiger partial charge in [-0.2, -0.15) is 0 Å². The van der Waals surface area contributed by atoms with Crippen molar-refractivity contribution in [1.82, 2.24) is 0 Å². The van der Waals surface area contributed by atoms with Gasteiger partial charge in [0.25, 0.3) is 0 Å². The van der Waals surface area contributed by atoms with Crippen LogP contribution in [0.4, 0.5) is 0 Å². The number of ether oxygens (including phenoxy) is 2. The van der Waals surface area contributed by atoms with E-state index in [0.717, 1.165) is 135 Å². The smallest absolute Gasteiger partial charge is 0.462 e. The van der Waals surface area contributed by atoms with Gasteiger partial charge in [-0.3, -0.25) is 18.6 Å². The fourth-order valence-corrected chi connectivity index (χ4v) is 12.4. The molecule has 0 aromatic heterocycles. The van der Waals surface area contributed by atoms with Crippen molar-refractivity contribution in [1.29, 1.82) is 0 Å². The van der Waals surface area contributed by atoms with Gasteiger partial charge in [0.1, 0.15) is 19.8 Å². The average Bonchev–Trinajstić information content (AvgIpc) is 0.913. The normalized spacial score (nSPS) is 13.8. The molecule has 0 amide bonds. The van der Waals surface area contributed by atoms with Crippen molar-refractivity contribution >= 4 is 19.8 Å². The van der Waals surface area contributed by atoms with Gasteiger partial charge in [-0.15, -0.1) is 0 Å². The van der Waals surface area contributed by atoms with Gasteiger partial charge < -0.3 is 18.9 Å². The number of unbranched alkanes of at least 4 members (excludes halogenated alkanes) is 37. The van der Waals surface area contributed by atoms with Gasteiger partial charge in [0.2, 0.25) is 0 Å². The fourth-order valence-electron chi connectivity index (χ4n) is 11.6.